The third kappa shape index (κ3) is 2.85. The Bertz CT molecular complexity index is 605. The van der Waals surface area contributed by atoms with Gasteiger partial charge in [-0.25, -0.2) is 4.79 Å². The molecular weight excluding hydrogens is 230 g/mol. The van der Waals surface area contributed by atoms with Crippen LogP contribution in [0, 0.1) is 0 Å². The minimum atomic E-state index is -0.434. The molecule has 0 N–H and O–H groups in total. The average molecular weight is 243 g/mol. The summed E-state index contributed by atoms with van der Waals surface area (Å²) in [6.07, 6.45) is 1.51. The molecule has 4 heteroatoms. The molecule has 0 fully saturated rings. The number of carbonyl (C=O) groups excluding carboxylic acids is 1. The zero-order chi connectivity index (χ0) is 13.0. The molecule has 2 aromatic rings. The minimum absolute atomic E-state index is 0.434. The number of ether oxygens (including phenoxy) is 1. The van der Waals surface area contributed by atoms with E-state index in [1.807, 2.05) is 36.4 Å². The number of rotatable bonds is 3. The number of hydrogen-bond acceptors (Lipinski definition) is 4. The first-order valence-electron chi connectivity index (χ1n) is 5.48. The molecule has 0 heterocycles. The lowest BCUT2D eigenvalue weighted by Gasteiger charge is -2.03. The van der Waals surface area contributed by atoms with Crippen LogP contribution in [0.25, 0.3) is 10.8 Å². The monoisotopic (exact) mass is 243 g/mol. The molecule has 0 radical (unpaired) electrons. The van der Waals surface area contributed by atoms with Gasteiger partial charge in [0.05, 0.1) is 13.3 Å². The Hall–Kier alpha value is -2.36. The maximum absolute atomic E-state index is 10.6. The second kappa shape index (κ2) is 5.31. The van der Waals surface area contributed by atoms with E-state index < -0.39 is 5.97 Å². The molecule has 4 nitrogen and oxygen atoms in total. The van der Waals surface area contributed by atoms with Crippen molar-refractivity contribution in [3.05, 3.63) is 42.0 Å². The summed E-state index contributed by atoms with van der Waals surface area (Å²) in [5, 5.41) is 5.74. The van der Waals surface area contributed by atoms with Crippen LogP contribution in [0.3, 0.4) is 0 Å². The van der Waals surface area contributed by atoms with E-state index in [2.05, 4.69) is 9.99 Å². The number of oxime groups is 1. The summed E-state index contributed by atoms with van der Waals surface area (Å²) in [6.45, 7) is 1.31. The van der Waals surface area contributed by atoms with Crippen molar-refractivity contribution in [1.82, 2.24) is 0 Å². The summed E-state index contributed by atoms with van der Waals surface area (Å²) in [4.78, 5) is 15.1. The lowest BCUT2D eigenvalue weighted by Crippen LogP contribution is -1.91. The molecule has 0 saturated carbocycles. The molecule has 0 amide bonds. The van der Waals surface area contributed by atoms with E-state index in [-0.39, 0.29) is 0 Å². The molecule has 0 unspecified atom stereocenters. The molecule has 0 aliphatic carbocycles. The average Bonchev–Trinajstić information content (AvgIpc) is 2.37. The van der Waals surface area contributed by atoms with Crippen LogP contribution in [0.1, 0.15) is 12.5 Å². The molecule has 0 spiro atoms. The molecule has 92 valence electrons. The first-order valence-corrected chi connectivity index (χ1v) is 5.48. The van der Waals surface area contributed by atoms with Gasteiger partial charge in [0.2, 0.25) is 0 Å². The van der Waals surface area contributed by atoms with Gasteiger partial charge in [0.25, 0.3) is 0 Å². The van der Waals surface area contributed by atoms with Crippen molar-refractivity contribution in [3.63, 3.8) is 0 Å². The predicted octanol–water partition coefficient (Wildman–Crippen LogP) is 2.75. The maximum atomic E-state index is 10.6. The Kier molecular flexibility index (Phi) is 3.57. The van der Waals surface area contributed by atoms with Gasteiger partial charge in [-0.1, -0.05) is 23.4 Å². The minimum Gasteiger partial charge on any atom is -0.497 e. The molecule has 2 aromatic carbocycles. The Morgan fingerprint density at radius 2 is 1.89 bits per heavy atom. The Labute approximate surface area is 105 Å². The Balaban J connectivity index is 2.27. The Morgan fingerprint density at radius 3 is 2.61 bits per heavy atom. The van der Waals surface area contributed by atoms with Crippen molar-refractivity contribution in [2.24, 2.45) is 5.16 Å². The van der Waals surface area contributed by atoms with Crippen LogP contribution >= 0.6 is 0 Å². The first kappa shape index (κ1) is 12.1. The third-order valence-electron chi connectivity index (χ3n) is 2.45. The maximum Gasteiger partial charge on any atom is 0.331 e. The van der Waals surface area contributed by atoms with Crippen molar-refractivity contribution < 1.29 is 14.4 Å². The van der Waals surface area contributed by atoms with Crippen LogP contribution in [0.4, 0.5) is 0 Å². The molecule has 0 atom stereocenters. The second-order valence-electron chi connectivity index (χ2n) is 3.79. The van der Waals surface area contributed by atoms with Gasteiger partial charge in [0, 0.05) is 6.92 Å². The van der Waals surface area contributed by atoms with Crippen molar-refractivity contribution >= 4 is 23.0 Å². The normalized spacial score (nSPS) is 10.8. The smallest absolute Gasteiger partial charge is 0.331 e. The fourth-order valence-electron chi connectivity index (χ4n) is 1.61. The van der Waals surface area contributed by atoms with Gasteiger partial charge in [0.1, 0.15) is 5.75 Å². The molecular formula is C14H13NO3. The number of methoxy groups -OCH3 is 1. The van der Waals surface area contributed by atoms with Crippen molar-refractivity contribution in [1.29, 1.82) is 0 Å². The van der Waals surface area contributed by atoms with Crippen LogP contribution in [-0.2, 0) is 9.63 Å². The molecule has 0 aromatic heterocycles. The number of fused-ring (bicyclic) bond motifs is 1. The van der Waals surface area contributed by atoms with E-state index in [9.17, 15) is 4.79 Å². The standard InChI is InChI=1S/C14H13NO3/c1-10(16)18-15-9-11-3-4-13-8-14(17-2)6-5-12(13)7-11/h3-9H,1-2H3/b15-9+. The summed E-state index contributed by atoms with van der Waals surface area (Å²) < 4.78 is 5.16. The zero-order valence-corrected chi connectivity index (χ0v) is 10.2. The van der Waals surface area contributed by atoms with Crippen LogP contribution in [0.5, 0.6) is 5.75 Å². The molecule has 0 bridgehead atoms. The van der Waals surface area contributed by atoms with Crippen molar-refractivity contribution in [2.75, 3.05) is 7.11 Å². The number of benzene rings is 2. The van der Waals surface area contributed by atoms with E-state index in [1.54, 1.807) is 7.11 Å². The summed E-state index contributed by atoms with van der Waals surface area (Å²) in [5.41, 5.74) is 0.869. The van der Waals surface area contributed by atoms with Crippen molar-refractivity contribution in [3.8, 4) is 5.75 Å². The summed E-state index contributed by atoms with van der Waals surface area (Å²) in [6, 6.07) is 11.7. The summed E-state index contributed by atoms with van der Waals surface area (Å²) in [5.74, 6) is 0.389. The zero-order valence-electron chi connectivity index (χ0n) is 10.2. The molecule has 0 aliphatic heterocycles. The number of nitrogens with zero attached hydrogens (tertiary/aromatic N) is 1. The van der Waals surface area contributed by atoms with Crippen molar-refractivity contribution in [2.45, 2.75) is 6.92 Å². The highest BCUT2D eigenvalue weighted by atomic mass is 16.7. The van der Waals surface area contributed by atoms with E-state index >= 15 is 0 Å². The number of carbonyl (C=O) groups is 1. The quantitative estimate of drug-likeness (QED) is 0.473. The van der Waals surface area contributed by atoms with Gasteiger partial charge >= 0.3 is 5.97 Å². The highest BCUT2D eigenvalue weighted by Gasteiger charge is 1.97. The van der Waals surface area contributed by atoms with E-state index in [1.165, 1.54) is 13.1 Å². The van der Waals surface area contributed by atoms with Gasteiger partial charge in [-0.2, -0.15) is 0 Å². The fraction of sp³-hybridized carbons (Fsp3) is 0.143. The topological polar surface area (TPSA) is 47.9 Å². The largest absolute Gasteiger partial charge is 0.497 e. The third-order valence-corrected chi connectivity index (χ3v) is 2.45. The fourth-order valence-corrected chi connectivity index (χ4v) is 1.61. The van der Waals surface area contributed by atoms with Gasteiger partial charge in [-0.05, 0) is 34.5 Å². The Morgan fingerprint density at radius 1 is 1.17 bits per heavy atom. The molecule has 0 saturated heterocycles. The molecule has 0 aliphatic rings. The van der Waals surface area contributed by atoms with Gasteiger partial charge < -0.3 is 9.57 Å². The van der Waals surface area contributed by atoms with Gasteiger partial charge in [-0.15, -0.1) is 0 Å². The molecule has 18 heavy (non-hydrogen) atoms. The highest BCUT2D eigenvalue weighted by molar-refractivity contribution is 5.91. The van der Waals surface area contributed by atoms with Crippen LogP contribution < -0.4 is 4.74 Å². The van der Waals surface area contributed by atoms with E-state index in [0.29, 0.717) is 0 Å². The number of hydrogen-bond donors (Lipinski definition) is 0. The van der Waals surface area contributed by atoms with Crippen LogP contribution in [0.2, 0.25) is 0 Å². The van der Waals surface area contributed by atoms with Crippen LogP contribution in [0.15, 0.2) is 41.6 Å². The highest BCUT2D eigenvalue weighted by Crippen LogP contribution is 2.21. The van der Waals surface area contributed by atoms with E-state index in [4.69, 9.17) is 4.74 Å². The summed E-state index contributed by atoms with van der Waals surface area (Å²) in [7, 11) is 1.64. The lowest BCUT2D eigenvalue weighted by atomic mass is 10.1. The van der Waals surface area contributed by atoms with Crippen LogP contribution in [-0.4, -0.2) is 19.3 Å². The van der Waals surface area contributed by atoms with Gasteiger partial charge in [0.15, 0.2) is 0 Å². The first-order chi connectivity index (χ1) is 8.69. The SMILES string of the molecule is COc1ccc2cc(/C=N/OC(C)=O)ccc2c1. The second-order valence-corrected chi connectivity index (χ2v) is 3.79. The van der Waals surface area contributed by atoms with E-state index in [0.717, 1.165) is 22.1 Å². The molecule has 2 rings (SSSR count). The summed E-state index contributed by atoms with van der Waals surface area (Å²) >= 11 is 0. The lowest BCUT2D eigenvalue weighted by molar-refractivity contribution is -0.140. The predicted molar refractivity (Wildman–Crippen MR) is 69.9 cm³/mol. The van der Waals surface area contributed by atoms with Gasteiger partial charge in [-0.3, -0.25) is 0 Å².